The molecule has 0 bridgehead atoms. The molecule has 3 heterocycles. The second kappa shape index (κ2) is 9.16. The van der Waals surface area contributed by atoms with Crippen molar-refractivity contribution in [2.45, 2.75) is 6.54 Å². The Morgan fingerprint density at radius 2 is 1.94 bits per heavy atom. The topological polar surface area (TPSA) is 63.2 Å². The smallest absolute Gasteiger partial charge is 0.163 e. The lowest BCUT2D eigenvalue weighted by molar-refractivity contribution is 0.0343. The molecule has 2 aromatic carbocycles. The number of fused-ring (bicyclic) bond motifs is 1. The standard InChI is InChI=1S/C24H21ClFN5O/c25-20-13-18(6-7-21(20)26)28-24-19-5-1-3-17(15-31-9-11-32-12-10-31)22(19)29-23(30-24)16-4-2-8-27-14-16/h1-8,13-14H,9-12,15H2,(H,28,29,30). The van der Waals surface area contributed by atoms with E-state index in [-0.39, 0.29) is 5.02 Å². The highest BCUT2D eigenvalue weighted by molar-refractivity contribution is 6.31. The Bertz CT molecular complexity index is 1250. The Labute approximate surface area is 190 Å². The summed E-state index contributed by atoms with van der Waals surface area (Å²) in [4.78, 5) is 16.3. The third-order valence-electron chi connectivity index (χ3n) is 5.41. The molecule has 0 amide bonds. The van der Waals surface area contributed by atoms with Gasteiger partial charge in [0.05, 0.1) is 23.8 Å². The van der Waals surface area contributed by atoms with Crippen molar-refractivity contribution in [3.8, 4) is 11.4 Å². The number of anilines is 2. The highest BCUT2D eigenvalue weighted by atomic mass is 35.5. The predicted molar refractivity (Wildman–Crippen MR) is 124 cm³/mol. The molecule has 0 unspecified atom stereocenters. The van der Waals surface area contributed by atoms with E-state index in [0.717, 1.165) is 54.9 Å². The van der Waals surface area contributed by atoms with E-state index in [2.05, 4.69) is 21.3 Å². The van der Waals surface area contributed by atoms with Gasteiger partial charge in [0.2, 0.25) is 0 Å². The first kappa shape index (κ1) is 20.8. The van der Waals surface area contributed by atoms with E-state index in [0.29, 0.717) is 17.3 Å². The van der Waals surface area contributed by atoms with Crippen LogP contribution in [0.2, 0.25) is 5.02 Å². The first-order valence-corrected chi connectivity index (χ1v) is 10.8. The second-order valence-electron chi connectivity index (χ2n) is 7.59. The maximum Gasteiger partial charge on any atom is 0.163 e. The molecule has 0 saturated carbocycles. The number of rotatable bonds is 5. The van der Waals surface area contributed by atoms with Crippen LogP contribution in [0.25, 0.3) is 22.3 Å². The van der Waals surface area contributed by atoms with Crippen LogP contribution < -0.4 is 5.32 Å². The maximum atomic E-state index is 13.6. The van der Waals surface area contributed by atoms with E-state index < -0.39 is 5.82 Å². The first-order chi connectivity index (χ1) is 15.7. The molecule has 1 saturated heterocycles. The van der Waals surface area contributed by atoms with Gasteiger partial charge in [-0.25, -0.2) is 14.4 Å². The molecule has 0 atom stereocenters. The second-order valence-corrected chi connectivity index (χ2v) is 8.00. The summed E-state index contributed by atoms with van der Waals surface area (Å²) in [6.07, 6.45) is 3.46. The van der Waals surface area contributed by atoms with Gasteiger partial charge in [0, 0.05) is 48.7 Å². The van der Waals surface area contributed by atoms with E-state index >= 15 is 0 Å². The molecule has 5 rings (SSSR count). The number of hydrogen-bond donors (Lipinski definition) is 1. The molecule has 0 radical (unpaired) electrons. The van der Waals surface area contributed by atoms with E-state index in [1.54, 1.807) is 24.5 Å². The summed E-state index contributed by atoms with van der Waals surface area (Å²) in [6.45, 7) is 4.01. The van der Waals surface area contributed by atoms with Crippen LogP contribution in [0.15, 0.2) is 60.9 Å². The Morgan fingerprint density at radius 1 is 1.06 bits per heavy atom. The average Bonchev–Trinajstić information content (AvgIpc) is 2.83. The normalized spacial score (nSPS) is 14.6. The van der Waals surface area contributed by atoms with Gasteiger partial charge in [0.15, 0.2) is 5.82 Å². The lowest BCUT2D eigenvalue weighted by Gasteiger charge is -2.27. The molecule has 6 nitrogen and oxygen atoms in total. The third kappa shape index (κ3) is 4.41. The summed E-state index contributed by atoms with van der Waals surface area (Å²) in [5, 5.41) is 4.23. The van der Waals surface area contributed by atoms with Crippen LogP contribution in [0.1, 0.15) is 5.56 Å². The largest absolute Gasteiger partial charge is 0.379 e. The number of nitrogens with one attached hydrogen (secondary N) is 1. The van der Waals surface area contributed by atoms with Crippen LogP contribution in [-0.2, 0) is 11.3 Å². The molecule has 8 heteroatoms. The molecule has 0 spiro atoms. The molecular formula is C24H21ClFN5O. The van der Waals surface area contributed by atoms with Gasteiger partial charge in [0.25, 0.3) is 0 Å². The minimum atomic E-state index is -0.464. The van der Waals surface area contributed by atoms with Crippen molar-refractivity contribution in [1.82, 2.24) is 19.9 Å². The van der Waals surface area contributed by atoms with Gasteiger partial charge in [-0.05, 0) is 42.0 Å². The molecule has 162 valence electrons. The monoisotopic (exact) mass is 449 g/mol. The molecule has 1 aliphatic heterocycles. The van der Waals surface area contributed by atoms with Crippen LogP contribution in [0, 0.1) is 5.82 Å². The number of para-hydroxylation sites is 1. The summed E-state index contributed by atoms with van der Waals surface area (Å²) < 4.78 is 19.1. The average molecular weight is 450 g/mol. The molecule has 4 aromatic rings. The van der Waals surface area contributed by atoms with Gasteiger partial charge in [-0.1, -0.05) is 23.7 Å². The van der Waals surface area contributed by atoms with Crippen molar-refractivity contribution in [1.29, 1.82) is 0 Å². The minimum Gasteiger partial charge on any atom is -0.379 e. The molecule has 1 fully saturated rings. The zero-order chi connectivity index (χ0) is 21.9. The molecular weight excluding hydrogens is 429 g/mol. The molecule has 32 heavy (non-hydrogen) atoms. The first-order valence-electron chi connectivity index (χ1n) is 10.4. The van der Waals surface area contributed by atoms with E-state index in [1.807, 2.05) is 24.3 Å². The van der Waals surface area contributed by atoms with Crippen molar-refractivity contribution in [3.05, 3.63) is 77.3 Å². The summed E-state index contributed by atoms with van der Waals surface area (Å²) in [5.74, 6) is 0.727. The number of pyridine rings is 1. The highest BCUT2D eigenvalue weighted by Crippen LogP contribution is 2.31. The lowest BCUT2D eigenvalue weighted by Crippen LogP contribution is -2.35. The van der Waals surface area contributed by atoms with Gasteiger partial charge >= 0.3 is 0 Å². The van der Waals surface area contributed by atoms with Crippen molar-refractivity contribution in [2.75, 3.05) is 31.6 Å². The summed E-state index contributed by atoms with van der Waals surface area (Å²) in [7, 11) is 0. The summed E-state index contributed by atoms with van der Waals surface area (Å²) in [5.41, 5.74) is 3.43. The van der Waals surface area contributed by atoms with E-state index in [4.69, 9.17) is 26.3 Å². The molecule has 1 N–H and O–H groups in total. The Kier molecular flexibility index (Phi) is 5.94. The zero-order valence-corrected chi connectivity index (χ0v) is 18.0. The fraction of sp³-hybridized carbons (Fsp3) is 0.208. The lowest BCUT2D eigenvalue weighted by atomic mass is 10.1. The van der Waals surface area contributed by atoms with Crippen LogP contribution in [0.5, 0.6) is 0 Å². The minimum absolute atomic E-state index is 0.0499. The third-order valence-corrected chi connectivity index (χ3v) is 5.70. The van der Waals surface area contributed by atoms with Crippen LogP contribution in [0.4, 0.5) is 15.9 Å². The highest BCUT2D eigenvalue weighted by Gasteiger charge is 2.17. The number of aromatic nitrogens is 3. The van der Waals surface area contributed by atoms with Crippen molar-refractivity contribution in [2.24, 2.45) is 0 Å². The van der Waals surface area contributed by atoms with Gasteiger partial charge in [0.1, 0.15) is 11.6 Å². The quantitative estimate of drug-likeness (QED) is 0.459. The molecule has 1 aliphatic rings. The van der Waals surface area contributed by atoms with Crippen LogP contribution in [-0.4, -0.2) is 46.2 Å². The Morgan fingerprint density at radius 3 is 2.72 bits per heavy atom. The van der Waals surface area contributed by atoms with E-state index in [9.17, 15) is 4.39 Å². The molecule has 0 aliphatic carbocycles. The number of morpholine rings is 1. The van der Waals surface area contributed by atoms with Gasteiger partial charge < -0.3 is 10.1 Å². The Balaban J connectivity index is 1.62. The molecule has 2 aromatic heterocycles. The number of halogens is 2. The van der Waals surface area contributed by atoms with Crippen molar-refractivity contribution >= 4 is 34.0 Å². The Hall–Kier alpha value is -3.13. The number of benzene rings is 2. The van der Waals surface area contributed by atoms with Gasteiger partial charge in [-0.2, -0.15) is 0 Å². The van der Waals surface area contributed by atoms with Gasteiger partial charge in [-0.15, -0.1) is 0 Å². The summed E-state index contributed by atoms with van der Waals surface area (Å²) in [6, 6.07) is 14.4. The van der Waals surface area contributed by atoms with Crippen molar-refractivity contribution < 1.29 is 9.13 Å². The predicted octanol–water partition coefficient (Wildman–Crippen LogP) is 5.06. The maximum absolute atomic E-state index is 13.6. The van der Waals surface area contributed by atoms with Gasteiger partial charge in [-0.3, -0.25) is 9.88 Å². The zero-order valence-electron chi connectivity index (χ0n) is 17.3. The van der Waals surface area contributed by atoms with Crippen LogP contribution >= 0.6 is 11.6 Å². The van der Waals surface area contributed by atoms with E-state index in [1.165, 1.54) is 6.07 Å². The SMILES string of the molecule is Fc1ccc(Nc2nc(-c3cccnc3)nc3c(CN4CCOCC4)cccc23)cc1Cl. The number of nitrogens with zero attached hydrogens (tertiary/aromatic N) is 4. The summed E-state index contributed by atoms with van der Waals surface area (Å²) >= 11 is 5.99. The number of hydrogen-bond acceptors (Lipinski definition) is 6. The van der Waals surface area contributed by atoms with Crippen molar-refractivity contribution in [3.63, 3.8) is 0 Å². The van der Waals surface area contributed by atoms with Crippen LogP contribution in [0.3, 0.4) is 0 Å². The number of ether oxygens (including phenoxy) is 1. The fourth-order valence-corrected chi connectivity index (χ4v) is 3.95. The fourth-order valence-electron chi connectivity index (χ4n) is 3.77.